The second-order valence-corrected chi connectivity index (χ2v) is 10.3. The van der Waals surface area contributed by atoms with Crippen molar-refractivity contribution in [1.29, 1.82) is 0 Å². The van der Waals surface area contributed by atoms with E-state index in [2.05, 4.69) is 36.0 Å². The molecule has 0 saturated carbocycles. The third-order valence-electron chi connectivity index (χ3n) is 7.47. The summed E-state index contributed by atoms with van der Waals surface area (Å²) < 4.78 is 35.6. The van der Waals surface area contributed by atoms with E-state index < -0.39 is 12.0 Å². The summed E-state index contributed by atoms with van der Waals surface area (Å²) in [5.41, 5.74) is -0.0298. The standard InChI is InChI=1S/C22H26BrF2N5O/c23-17-5-4-16-19(18(17)25)27-21(28-20(16)29-10-14-2-3-15(11-29)26-14)31-12-22-6-1-7-30(22)9-13(24)8-22/h4-5,13-15,26H,1-3,6-12H2/t13-,14?,15?,22+/m1/s1. The molecule has 31 heavy (non-hydrogen) atoms. The number of halogens is 3. The van der Waals surface area contributed by atoms with E-state index in [9.17, 15) is 4.39 Å². The van der Waals surface area contributed by atoms with E-state index in [1.807, 2.05) is 6.07 Å². The largest absolute Gasteiger partial charge is 0.461 e. The third kappa shape index (κ3) is 3.40. The molecule has 4 atom stereocenters. The van der Waals surface area contributed by atoms with Crippen molar-refractivity contribution in [2.45, 2.75) is 55.9 Å². The van der Waals surface area contributed by atoms with Gasteiger partial charge in [0, 0.05) is 43.5 Å². The highest BCUT2D eigenvalue weighted by molar-refractivity contribution is 9.10. The Morgan fingerprint density at radius 3 is 2.81 bits per heavy atom. The van der Waals surface area contributed by atoms with Crippen molar-refractivity contribution in [1.82, 2.24) is 20.2 Å². The summed E-state index contributed by atoms with van der Waals surface area (Å²) >= 11 is 3.28. The van der Waals surface area contributed by atoms with Crippen molar-refractivity contribution in [3.63, 3.8) is 0 Å². The van der Waals surface area contributed by atoms with Gasteiger partial charge in [-0.3, -0.25) is 4.90 Å². The van der Waals surface area contributed by atoms with Crippen LogP contribution in [0.4, 0.5) is 14.6 Å². The van der Waals surface area contributed by atoms with Crippen LogP contribution in [0.15, 0.2) is 16.6 Å². The van der Waals surface area contributed by atoms with Crippen molar-refractivity contribution in [2.24, 2.45) is 0 Å². The number of nitrogens with zero attached hydrogens (tertiary/aromatic N) is 4. The number of piperazine rings is 1. The number of alkyl halides is 1. The van der Waals surface area contributed by atoms with Crippen LogP contribution in [0.1, 0.15) is 32.1 Å². The van der Waals surface area contributed by atoms with Crippen LogP contribution < -0.4 is 15.0 Å². The number of hydrogen-bond acceptors (Lipinski definition) is 6. The molecule has 1 aromatic carbocycles. The van der Waals surface area contributed by atoms with Gasteiger partial charge in [0.1, 0.15) is 24.1 Å². The molecule has 0 aliphatic carbocycles. The molecule has 9 heteroatoms. The zero-order valence-corrected chi connectivity index (χ0v) is 18.9. The third-order valence-corrected chi connectivity index (χ3v) is 8.08. The van der Waals surface area contributed by atoms with E-state index in [0.29, 0.717) is 41.5 Å². The molecular weight excluding hydrogens is 468 g/mol. The first-order valence-corrected chi connectivity index (χ1v) is 12.0. The maximum Gasteiger partial charge on any atom is 0.319 e. The Morgan fingerprint density at radius 1 is 1.19 bits per heavy atom. The lowest BCUT2D eigenvalue weighted by Gasteiger charge is -2.34. The zero-order valence-electron chi connectivity index (χ0n) is 17.3. The lowest BCUT2D eigenvalue weighted by Crippen LogP contribution is -2.51. The quantitative estimate of drug-likeness (QED) is 0.704. The van der Waals surface area contributed by atoms with Gasteiger partial charge < -0.3 is 15.0 Å². The minimum atomic E-state index is -0.818. The highest BCUT2D eigenvalue weighted by Crippen LogP contribution is 2.41. The summed E-state index contributed by atoms with van der Waals surface area (Å²) in [6, 6.07) is 4.61. The number of fused-ring (bicyclic) bond motifs is 4. The lowest BCUT2D eigenvalue weighted by atomic mass is 9.95. The molecule has 166 valence electrons. The van der Waals surface area contributed by atoms with Gasteiger partial charge in [-0.25, -0.2) is 8.78 Å². The number of rotatable bonds is 4. The molecule has 0 amide bonds. The number of anilines is 1. The summed E-state index contributed by atoms with van der Waals surface area (Å²) in [6.45, 7) is 3.37. The number of benzene rings is 1. The Kier molecular flexibility index (Phi) is 4.84. The highest BCUT2D eigenvalue weighted by Gasteiger charge is 2.49. The summed E-state index contributed by atoms with van der Waals surface area (Å²) in [4.78, 5) is 13.6. The van der Waals surface area contributed by atoms with Gasteiger partial charge >= 0.3 is 6.01 Å². The molecule has 6 nitrogen and oxygen atoms in total. The predicted molar refractivity (Wildman–Crippen MR) is 118 cm³/mol. The molecule has 0 radical (unpaired) electrons. The Balaban J connectivity index is 1.36. The summed E-state index contributed by atoms with van der Waals surface area (Å²) in [5, 5.41) is 4.32. The molecule has 4 aliphatic rings. The van der Waals surface area contributed by atoms with Gasteiger partial charge in [0.2, 0.25) is 0 Å². The van der Waals surface area contributed by atoms with Crippen LogP contribution in [0.3, 0.4) is 0 Å². The van der Waals surface area contributed by atoms with Gasteiger partial charge in [0.15, 0.2) is 5.82 Å². The maximum absolute atomic E-state index is 15.0. The molecule has 6 rings (SSSR count). The van der Waals surface area contributed by atoms with E-state index in [-0.39, 0.29) is 17.1 Å². The number of aromatic nitrogens is 2. The molecule has 2 aromatic rings. The van der Waals surface area contributed by atoms with E-state index in [0.717, 1.165) is 51.1 Å². The predicted octanol–water partition coefficient (Wildman–Crippen LogP) is 3.43. The van der Waals surface area contributed by atoms with Crippen LogP contribution in [0, 0.1) is 5.82 Å². The first kappa shape index (κ1) is 20.1. The van der Waals surface area contributed by atoms with Crippen molar-refractivity contribution >= 4 is 32.7 Å². The van der Waals surface area contributed by atoms with Crippen LogP contribution in [0.25, 0.3) is 10.9 Å². The minimum absolute atomic E-state index is 0.175. The molecule has 4 fully saturated rings. The number of nitrogens with one attached hydrogen (secondary N) is 1. The van der Waals surface area contributed by atoms with Crippen LogP contribution in [0.5, 0.6) is 6.01 Å². The Bertz CT molecular complexity index is 1010. The monoisotopic (exact) mass is 493 g/mol. The fourth-order valence-corrected chi connectivity index (χ4v) is 6.34. The zero-order chi connectivity index (χ0) is 21.2. The fourth-order valence-electron chi connectivity index (χ4n) is 6.02. The van der Waals surface area contributed by atoms with Crippen molar-refractivity contribution in [3.05, 3.63) is 22.4 Å². The Labute approximate surface area is 188 Å². The highest BCUT2D eigenvalue weighted by atomic mass is 79.9. The molecule has 1 aromatic heterocycles. The van der Waals surface area contributed by atoms with E-state index >= 15 is 4.39 Å². The molecule has 2 unspecified atom stereocenters. The molecule has 5 heterocycles. The smallest absolute Gasteiger partial charge is 0.319 e. The van der Waals surface area contributed by atoms with Crippen molar-refractivity contribution in [3.8, 4) is 6.01 Å². The SMILES string of the molecule is Fc1c(Br)ccc2c(N3CC4CCC(C3)N4)nc(OC[C@@]34CCCN3C[C@H](F)C4)nc12. The van der Waals surface area contributed by atoms with Crippen molar-refractivity contribution in [2.75, 3.05) is 37.7 Å². The second-order valence-electron chi connectivity index (χ2n) is 9.49. The molecule has 4 saturated heterocycles. The summed E-state index contributed by atoms with van der Waals surface area (Å²) in [5.74, 6) is 0.315. The van der Waals surface area contributed by atoms with Gasteiger partial charge in [-0.05, 0) is 60.3 Å². The second kappa shape index (κ2) is 7.49. The van der Waals surface area contributed by atoms with Gasteiger partial charge in [-0.15, -0.1) is 0 Å². The average molecular weight is 494 g/mol. The maximum atomic E-state index is 15.0. The number of ether oxygens (including phenoxy) is 1. The summed E-state index contributed by atoms with van der Waals surface area (Å²) in [6.07, 6.45) is 3.92. The molecule has 0 spiro atoms. The molecule has 1 N–H and O–H groups in total. The van der Waals surface area contributed by atoms with Crippen LogP contribution in [-0.4, -0.2) is 71.4 Å². The van der Waals surface area contributed by atoms with Gasteiger partial charge in [-0.1, -0.05) is 0 Å². The minimum Gasteiger partial charge on any atom is -0.461 e. The summed E-state index contributed by atoms with van der Waals surface area (Å²) in [7, 11) is 0. The van der Waals surface area contributed by atoms with Crippen molar-refractivity contribution < 1.29 is 13.5 Å². The van der Waals surface area contributed by atoms with E-state index in [4.69, 9.17) is 9.72 Å². The topological polar surface area (TPSA) is 53.5 Å². The first-order chi connectivity index (χ1) is 15.0. The normalized spacial score (nSPS) is 32.7. The average Bonchev–Trinajstić information content (AvgIpc) is 3.40. The molecule has 2 bridgehead atoms. The first-order valence-electron chi connectivity index (χ1n) is 11.2. The molecule has 4 aliphatic heterocycles. The Morgan fingerprint density at radius 2 is 2.00 bits per heavy atom. The lowest BCUT2D eigenvalue weighted by molar-refractivity contribution is 0.107. The van der Waals surface area contributed by atoms with Crippen LogP contribution >= 0.6 is 15.9 Å². The van der Waals surface area contributed by atoms with Crippen LogP contribution in [-0.2, 0) is 0 Å². The van der Waals surface area contributed by atoms with E-state index in [1.165, 1.54) is 0 Å². The van der Waals surface area contributed by atoms with Crippen LogP contribution in [0.2, 0.25) is 0 Å². The fraction of sp³-hybridized carbons (Fsp3) is 0.636. The van der Waals surface area contributed by atoms with Gasteiger partial charge in [0.25, 0.3) is 0 Å². The van der Waals surface area contributed by atoms with Gasteiger partial charge in [0.05, 0.1) is 10.0 Å². The van der Waals surface area contributed by atoms with E-state index in [1.54, 1.807) is 6.07 Å². The number of hydrogen-bond donors (Lipinski definition) is 1. The Hall–Kier alpha value is -1.58. The molecular formula is C22H26BrF2N5O. The van der Waals surface area contributed by atoms with Gasteiger partial charge in [-0.2, -0.15) is 9.97 Å².